The van der Waals surface area contributed by atoms with Crippen LogP contribution >= 0.6 is 23.2 Å². The zero-order chi connectivity index (χ0) is 18.4. The van der Waals surface area contributed by atoms with E-state index in [0.29, 0.717) is 34.3 Å². The van der Waals surface area contributed by atoms with Crippen molar-refractivity contribution in [3.05, 3.63) is 57.6 Å². The van der Waals surface area contributed by atoms with Gasteiger partial charge in [-0.05, 0) is 55.2 Å². The molecule has 6 heteroatoms. The number of aryl methyl sites for hydroxylation is 2. The second kappa shape index (κ2) is 8.88. The summed E-state index contributed by atoms with van der Waals surface area (Å²) in [5.74, 6) is -0.281. The Morgan fingerprint density at radius 3 is 2.40 bits per heavy atom. The summed E-state index contributed by atoms with van der Waals surface area (Å²) >= 11 is 11.9. The molecular formula is C19H20Cl2N2O2. The Labute approximate surface area is 157 Å². The van der Waals surface area contributed by atoms with Gasteiger partial charge in [-0.1, -0.05) is 35.3 Å². The summed E-state index contributed by atoms with van der Waals surface area (Å²) in [5.41, 5.74) is 3.24. The van der Waals surface area contributed by atoms with Gasteiger partial charge in [0.05, 0.1) is 21.4 Å². The maximum atomic E-state index is 12.2. The SMILES string of the molecule is CC(=O)Nc1ccc(C)cc1NC(=O)CCCc1ccc(Cl)c(Cl)c1. The number of anilines is 2. The minimum atomic E-state index is -0.182. The normalized spacial score (nSPS) is 10.4. The van der Waals surface area contributed by atoms with E-state index in [1.54, 1.807) is 12.1 Å². The van der Waals surface area contributed by atoms with Gasteiger partial charge in [-0.3, -0.25) is 9.59 Å². The van der Waals surface area contributed by atoms with E-state index in [-0.39, 0.29) is 11.8 Å². The lowest BCUT2D eigenvalue weighted by atomic mass is 10.1. The number of nitrogens with one attached hydrogen (secondary N) is 2. The van der Waals surface area contributed by atoms with Crippen molar-refractivity contribution in [3.63, 3.8) is 0 Å². The Kier molecular flexibility index (Phi) is 6.85. The molecule has 2 aromatic carbocycles. The molecule has 4 nitrogen and oxygen atoms in total. The largest absolute Gasteiger partial charge is 0.325 e. The van der Waals surface area contributed by atoms with Crippen LogP contribution < -0.4 is 10.6 Å². The molecule has 25 heavy (non-hydrogen) atoms. The topological polar surface area (TPSA) is 58.2 Å². The molecular weight excluding hydrogens is 359 g/mol. The monoisotopic (exact) mass is 378 g/mol. The summed E-state index contributed by atoms with van der Waals surface area (Å²) in [5, 5.41) is 6.62. The Hall–Kier alpha value is -2.04. The first kappa shape index (κ1) is 19.3. The highest BCUT2D eigenvalue weighted by Crippen LogP contribution is 2.25. The summed E-state index contributed by atoms with van der Waals surface area (Å²) in [4.78, 5) is 23.5. The van der Waals surface area contributed by atoms with E-state index in [1.165, 1.54) is 6.92 Å². The number of carbonyl (C=O) groups is 2. The molecule has 2 amide bonds. The van der Waals surface area contributed by atoms with Gasteiger partial charge in [0.15, 0.2) is 0 Å². The molecule has 0 saturated heterocycles. The van der Waals surface area contributed by atoms with Crippen molar-refractivity contribution in [2.75, 3.05) is 10.6 Å². The number of halogens is 2. The lowest BCUT2D eigenvalue weighted by Gasteiger charge is -2.12. The second-order valence-electron chi connectivity index (χ2n) is 5.88. The molecule has 0 saturated carbocycles. The van der Waals surface area contributed by atoms with Crippen molar-refractivity contribution in [2.24, 2.45) is 0 Å². The van der Waals surface area contributed by atoms with Crippen LogP contribution in [-0.4, -0.2) is 11.8 Å². The first-order valence-corrected chi connectivity index (χ1v) is 8.73. The van der Waals surface area contributed by atoms with Gasteiger partial charge >= 0.3 is 0 Å². The molecule has 0 aliphatic carbocycles. The van der Waals surface area contributed by atoms with Gasteiger partial charge in [-0.2, -0.15) is 0 Å². The van der Waals surface area contributed by atoms with Crippen LogP contribution in [0.15, 0.2) is 36.4 Å². The summed E-state index contributed by atoms with van der Waals surface area (Å²) in [6.07, 6.45) is 1.79. The minimum absolute atomic E-state index is 0.0998. The molecule has 0 aromatic heterocycles. The van der Waals surface area contributed by atoms with Crippen molar-refractivity contribution in [1.29, 1.82) is 0 Å². The van der Waals surface area contributed by atoms with Crippen molar-refractivity contribution < 1.29 is 9.59 Å². The molecule has 2 N–H and O–H groups in total. The quantitative estimate of drug-likeness (QED) is 0.723. The summed E-state index contributed by atoms with van der Waals surface area (Å²) in [6.45, 7) is 3.36. The summed E-state index contributed by atoms with van der Waals surface area (Å²) < 4.78 is 0. The zero-order valence-electron chi connectivity index (χ0n) is 14.2. The van der Waals surface area contributed by atoms with Crippen molar-refractivity contribution in [3.8, 4) is 0 Å². The highest BCUT2D eigenvalue weighted by molar-refractivity contribution is 6.42. The van der Waals surface area contributed by atoms with Crippen molar-refractivity contribution in [2.45, 2.75) is 33.1 Å². The Morgan fingerprint density at radius 2 is 1.72 bits per heavy atom. The van der Waals surface area contributed by atoms with Gasteiger partial charge in [0.1, 0.15) is 0 Å². The standard InChI is InChI=1S/C19H20Cl2N2O2/c1-12-6-9-17(22-13(2)24)18(10-12)23-19(25)5-3-4-14-7-8-15(20)16(21)11-14/h6-11H,3-5H2,1-2H3,(H,22,24)(H,23,25). The van der Waals surface area contributed by atoms with Gasteiger partial charge in [-0.25, -0.2) is 0 Å². The highest BCUT2D eigenvalue weighted by Gasteiger charge is 2.09. The van der Waals surface area contributed by atoms with E-state index < -0.39 is 0 Å². The first-order chi connectivity index (χ1) is 11.8. The number of carbonyl (C=O) groups excluding carboxylic acids is 2. The van der Waals surface area contributed by atoms with Crippen molar-refractivity contribution >= 4 is 46.4 Å². The Balaban J connectivity index is 1.92. The molecule has 0 radical (unpaired) electrons. The predicted molar refractivity (Wildman–Crippen MR) is 104 cm³/mol. The lowest BCUT2D eigenvalue weighted by molar-refractivity contribution is -0.116. The number of hydrogen-bond donors (Lipinski definition) is 2. The molecule has 0 fully saturated rings. The summed E-state index contributed by atoms with van der Waals surface area (Å²) in [7, 11) is 0. The molecule has 2 aromatic rings. The van der Waals surface area contributed by atoms with Crippen LogP contribution in [0, 0.1) is 6.92 Å². The maximum Gasteiger partial charge on any atom is 0.224 e. The van der Waals surface area contributed by atoms with Gasteiger partial charge in [0.25, 0.3) is 0 Å². The van der Waals surface area contributed by atoms with Gasteiger partial charge < -0.3 is 10.6 Å². The van der Waals surface area contributed by atoms with Crippen molar-refractivity contribution in [1.82, 2.24) is 0 Å². The lowest BCUT2D eigenvalue weighted by Crippen LogP contribution is -2.15. The third-order valence-electron chi connectivity index (χ3n) is 3.61. The van der Waals surface area contributed by atoms with E-state index in [4.69, 9.17) is 23.2 Å². The minimum Gasteiger partial charge on any atom is -0.325 e. The van der Waals surface area contributed by atoms with Gasteiger partial charge in [0, 0.05) is 13.3 Å². The second-order valence-corrected chi connectivity index (χ2v) is 6.69. The van der Waals surface area contributed by atoms with Crippen LogP contribution in [0.4, 0.5) is 11.4 Å². The van der Waals surface area contributed by atoms with Crippen LogP contribution in [0.5, 0.6) is 0 Å². The smallest absolute Gasteiger partial charge is 0.224 e. The zero-order valence-corrected chi connectivity index (χ0v) is 15.7. The fourth-order valence-electron chi connectivity index (χ4n) is 2.42. The van der Waals surface area contributed by atoms with Crippen LogP contribution in [0.2, 0.25) is 10.0 Å². The molecule has 132 valence electrons. The number of benzene rings is 2. The molecule has 0 aliphatic rings. The molecule has 0 spiro atoms. The fourth-order valence-corrected chi connectivity index (χ4v) is 2.74. The molecule has 0 bridgehead atoms. The van der Waals surface area contributed by atoms with Gasteiger partial charge in [-0.15, -0.1) is 0 Å². The number of hydrogen-bond acceptors (Lipinski definition) is 2. The average Bonchev–Trinajstić information content (AvgIpc) is 2.53. The van der Waals surface area contributed by atoms with E-state index >= 15 is 0 Å². The highest BCUT2D eigenvalue weighted by atomic mass is 35.5. The van der Waals surface area contributed by atoms with E-state index in [0.717, 1.165) is 17.5 Å². The fraction of sp³-hybridized carbons (Fsp3) is 0.263. The molecule has 0 atom stereocenters. The van der Waals surface area contributed by atoms with E-state index in [9.17, 15) is 9.59 Å². The van der Waals surface area contributed by atoms with Crippen LogP contribution in [0.1, 0.15) is 30.9 Å². The van der Waals surface area contributed by atoms with Crippen LogP contribution in [-0.2, 0) is 16.0 Å². The van der Waals surface area contributed by atoms with Crippen LogP contribution in [0.3, 0.4) is 0 Å². The van der Waals surface area contributed by atoms with E-state index in [1.807, 2.05) is 31.2 Å². The molecule has 0 unspecified atom stereocenters. The molecule has 0 heterocycles. The Morgan fingerprint density at radius 1 is 0.960 bits per heavy atom. The molecule has 0 aliphatic heterocycles. The third kappa shape index (κ3) is 6.07. The predicted octanol–water partition coefficient (Wildman–Crippen LogP) is 5.22. The first-order valence-electron chi connectivity index (χ1n) is 7.97. The molecule has 2 rings (SSSR count). The van der Waals surface area contributed by atoms with Crippen LogP contribution in [0.25, 0.3) is 0 Å². The average molecular weight is 379 g/mol. The number of rotatable bonds is 6. The van der Waals surface area contributed by atoms with E-state index in [2.05, 4.69) is 10.6 Å². The maximum absolute atomic E-state index is 12.2. The Bertz CT molecular complexity index is 791. The third-order valence-corrected chi connectivity index (χ3v) is 4.35. The van der Waals surface area contributed by atoms with Gasteiger partial charge in [0.2, 0.25) is 11.8 Å². The number of amides is 2. The summed E-state index contributed by atoms with van der Waals surface area (Å²) in [6, 6.07) is 11.0.